The molecule has 0 unspecified atom stereocenters. The molecule has 1 saturated carbocycles. The molecule has 4 aromatic carbocycles. The van der Waals surface area contributed by atoms with Gasteiger partial charge in [0, 0.05) is 29.7 Å². The zero-order valence-electron chi connectivity index (χ0n) is 21.4. The number of rotatable bonds is 10. The van der Waals surface area contributed by atoms with E-state index in [9.17, 15) is 23.3 Å². The van der Waals surface area contributed by atoms with Crippen LogP contribution in [0.3, 0.4) is 0 Å². The minimum atomic E-state index is -4.09. The van der Waals surface area contributed by atoms with E-state index in [1.807, 2.05) is 0 Å². The Labute approximate surface area is 246 Å². The molecule has 0 heterocycles. The lowest BCUT2D eigenvalue weighted by Gasteiger charge is -2.24. The van der Waals surface area contributed by atoms with Crippen LogP contribution >= 0.6 is 23.2 Å². The summed E-state index contributed by atoms with van der Waals surface area (Å²) in [6, 6.07) is 23.0. The molecular weight excluding hydrogens is 589 g/mol. The van der Waals surface area contributed by atoms with E-state index in [2.05, 4.69) is 4.72 Å². The minimum absolute atomic E-state index is 0.0354. The zero-order valence-corrected chi connectivity index (χ0v) is 23.7. The van der Waals surface area contributed by atoms with E-state index in [4.69, 9.17) is 27.9 Å². The van der Waals surface area contributed by atoms with Crippen LogP contribution in [0.15, 0.2) is 95.9 Å². The standard InChI is InChI=1S/C29H23Cl2N3O6S/c30-20-7-16-27(32-41(38,39)24-14-12-23(13-15-24)40-28-4-2-1-3-26(28)31)25(17-20)29(35)33(21-10-11-21)18-19-5-8-22(9-6-19)34(36)37/h1-9,12-17,21,32H,10-11,18H2. The number of nitro groups is 1. The van der Waals surface area contributed by atoms with Gasteiger partial charge in [-0.3, -0.25) is 19.6 Å². The third kappa shape index (κ3) is 6.79. The van der Waals surface area contributed by atoms with Gasteiger partial charge in [-0.25, -0.2) is 8.42 Å². The fourth-order valence-corrected chi connectivity index (χ4v) is 5.58. The molecule has 5 rings (SSSR count). The van der Waals surface area contributed by atoms with Gasteiger partial charge in [-0.2, -0.15) is 0 Å². The van der Waals surface area contributed by atoms with Crippen LogP contribution in [-0.2, 0) is 16.6 Å². The van der Waals surface area contributed by atoms with E-state index in [0.29, 0.717) is 22.1 Å². The molecule has 0 radical (unpaired) electrons. The van der Waals surface area contributed by atoms with Crippen molar-refractivity contribution >= 4 is 50.5 Å². The van der Waals surface area contributed by atoms with Gasteiger partial charge in [0.2, 0.25) is 0 Å². The normalized spacial score (nSPS) is 12.9. The smallest absolute Gasteiger partial charge is 0.269 e. The molecule has 210 valence electrons. The molecule has 1 fully saturated rings. The van der Waals surface area contributed by atoms with Gasteiger partial charge < -0.3 is 9.64 Å². The molecule has 0 spiro atoms. The number of carbonyl (C=O) groups excluding carboxylic acids is 1. The number of nitrogens with zero attached hydrogens (tertiary/aromatic N) is 2. The number of nitro benzene ring substituents is 1. The van der Waals surface area contributed by atoms with Crippen molar-refractivity contribution in [3.05, 3.63) is 122 Å². The largest absolute Gasteiger partial charge is 0.456 e. The van der Waals surface area contributed by atoms with Gasteiger partial charge in [-0.05, 0) is 73.0 Å². The van der Waals surface area contributed by atoms with Gasteiger partial charge >= 0.3 is 0 Å². The third-order valence-corrected chi connectivity index (χ3v) is 8.33. The summed E-state index contributed by atoms with van der Waals surface area (Å²) in [5, 5.41) is 11.7. The number of non-ortho nitro benzene ring substituents is 1. The summed E-state index contributed by atoms with van der Waals surface area (Å²) >= 11 is 12.3. The summed E-state index contributed by atoms with van der Waals surface area (Å²) in [5.41, 5.74) is 0.825. The SMILES string of the molecule is O=C(c1cc(Cl)ccc1NS(=O)(=O)c1ccc(Oc2ccccc2Cl)cc1)N(Cc1ccc([N+](=O)[O-])cc1)C1CC1. The molecule has 0 aromatic heterocycles. The zero-order chi connectivity index (χ0) is 29.1. The van der Waals surface area contributed by atoms with E-state index in [1.54, 1.807) is 41.3 Å². The number of sulfonamides is 1. The van der Waals surface area contributed by atoms with E-state index >= 15 is 0 Å². The third-order valence-electron chi connectivity index (χ3n) is 6.40. The molecule has 4 aromatic rings. The average molecular weight is 612 g/mol. The summed E-state index contributed by atoms with van der Waals surface area (Å²) < 4.78 is 34.8. The number of halogens is 2. The molecule has 1 aliphatic carbocycles. The van der Waals surface area contributed by atoms with Crippen molar-refractivity contribution in [3.63, 3.8) is 0 Å². The van der Waals surface area contributed by atoms with Crippen molar-refractivity contribution in [1.82, 2.24) is 4.90 Å². The van der Waals surface area contributed by atoms with Crippen LogP contribution < -0.4 is 9.46 Å². The summed E-state index contributed by atoms with van der Waals surface area (Å²) in [4.78, 5) is 25.8. The highest BCUT2D eigenvalue weighted by atomic mass is 35.5. The number of anilines is 1. The van der Waals surface area contributed by atoms with Gasteiger partial charge in [0.05, 0.1) is 26.1 Å². The Bertz CT molecular complexity index is 1710. The Morgan fingerprint density at radius 3 is 2.29 bits per heavy atom. The molecule has 1 N–H and O–H groups in total. The topological polar surface area (TPSA) is 119 Å². The minimum Gasteiger partial charge on any atom is -0.456 e. The molecule has 0 bridgehead atoms. The van der Waals surface area contributed by atoms with Crippen molar-refractivity contribution < 1.29 is 22.9 Å². The van der Waals surface area contributed by atoms with E-state index < -0.39 is 20.9 Å². The Balaban J connectivity index is 1.37. The summed E-state index contributed by atoms with van der Waals surface area (Å²) in [5.74, 6) is 0.418. The van der Waals surface area contributed by atoms with Crippen LogP contribution in [0.25, 0.3) is 0 Å². The van der Waals surface area contributed by atoms with Crippen LogP contribution in [0.4, 0.5) is 11.4 Å². The molecule has 12 heteroatoms. The lowest BCUT2D eigenvalue weighted by atomic mass is 10.1. The molecule has 0 aliphatic heterocycles. The lowest BCUT2D eigenvalue weighted by Crippen LogP contribution is -2.33. The molecule has 41 heavy (non-hydrogen) atoms. The molecule has 0 saturated heterocycles. The van der Waals surface area contributed by atoms with Crippen LogP contribution in [0.1, 0.15) is 28.8 Å². The van der Waals surface area contributed by atoms with Crippen molar-refractivity contribution in [3.8, 4) is 11.5 Å². The second-order valence-electron chi connectivity index (χ2n) is 9.39. The number of para-hydroxylation sites is 1. The molecule has 9 nitrogen and oxygen atoms in total. The quantitative estimate of drug-likeness (QED) is 0.148. The van der Waals surface area contributed by atoms with Gasteiger partial charge in [0.1, 0.15) is 11.5 Å². The Hall–Kier alpha value is -4.12. The summed E-state index contributed by atoms with van der Waals surface area (Å²) in [6.45, 7) is 0.201. The lowest BCUT2D eigenvalue weighted by molar-refractivity contribution is -0.384. The van der Waals surface area contributed by atoms with E-state index in [-0.39, 0.29) is 39.4 Å². The predicted molar refractivity (Wildman–Crippen MR) is 156 cm³/mol. The van der Waals surface area contributed by atoms with Crippen LogP contribution in [-0.4, -0.2) is 30.2 Å². The van der Waals surface area contributed by atoms with E-state index in [0.717, 1.165) is 12.8 Å². The van der Waals surface area contributed by atoms with Gasteiger partial charge in [0.15, 0.2) is 0 Å². The Morgan fingerprint density at radius 1 is 0.976 bits per heavy atom. The predicted octanol–water partition coefficient (Wildman–Crippen LogP) is 7.30. The maximum Gasteiger partial charge on any atom is 0.269 e. The number of carbonyl (C=O) groups is 1. The maximum absolute atomic E-state index is 13.7. The van der Waals surface area contributed by atoms with Crippen molar-refractivity contribution in [2.45, 2.75) is 30.3 Å². The molecule has 1 amide bonds. The number of hydrogen-bond donors (Lipinski definition) is 1. The maximum atomic E-state index is 13.7. The Morgan fingerprint density at radius 2 is 1.66 bits per heavy atom. The van der Waals surface area contributed by atoms with Crippen LogP contribution in [0.5, 0.6) is 11.5 Å². The first kappa shape index (κ1) is 28.4. The van der Waals surface area contributed by atoms with Gasteiger partial charge in [0.25, 0.3) is 21.6 Å². The first-order valence-electron chi connectivity index (χ1n) is 12.5. The molecule has 0 atom stereocenters. The highest BCUT2D eigenvalue weighted by molar-refractivity contribution is 7.92. The second-order valence-corrected chi connectivity index (χ2v) is 11.9. The van der Waals surface area contributed by atoms with Crippen LogP contribution in [0.2, 0.25) is 10.0 Å². The number of nitrogens with one attached hydrogen (secondary N) is 1. The number of amides is 1. The fraction of sp³-hybridized carbons (Fsp3) is 0.138. The second kappa shape index (κ2) is 11.8. The molecule has 1 aliphatic rings. The van der Waals surface area contributed by atoms with E-state index in [1.165, 1.54) is 54.6 Å². The summed E-state index contributed by atoms with van der Waals surface area (Å²) in [7, 11) is -4.09. The van der Waals surface area contributed by atoms with Crippen molar-refractivity contribution in [2.75, 3.05) is 4.72 Å². The van der Waals surface area contributed by atoms with Crippen LogP contribution in [0, 0.1) is 10.1 Å². The Kier molecular flexibility index (Phi) is 8.16. The van der Waals surface area contributed by atoms with Gasteiger partial charge in [-0.15, -0.1) is 0 Å². The first-order chi connectivity index (χ1) is 19.6. The van der Waals surface area contributed by atoms with Gasteiger partial charge in [-0.1, -0.05) is 47.5 Å². The average Bonchev–Trinajstić information content (AvgIpc) is 3.79. The van der Waals surface area contributed by atoms with Crippen molar-refractivity contribution in [2.24, 2.45) is 0 Å². The fourth-order valence-electron chi connectivity index (χ4n) is 4.15. The summed E-state index contributed by atoms with van der Waals surface area (Å²) in [6.07, 6.45) is 1.59. The van der Waals surface area contributed by atoms with Crippen molar-refractivity contribution in [1.29, 1.82) is 0 Å². The first-order valence-corrected chi connectivity index (χ1v) is 14.7. The highest BCUT2D eigenvalue weighted by Crippen LogP contribution is 2.34. The highest BCUT2D eigenvalue weighted by Gasteiger charge is 2.34. The molecular formula is C29H23Cl2N3O6S. The number of ether oxygens (including phenoxy) is 1. The number of benzene rings is 4. The monoisotopic (exact) mass is 611 g/mol. The number of hydrogen-bond acceptors (Lipinski definition) is 6.